The minimum atomic E-state index is -0.387. The van der Waals surface area contributed by atoms with Gasteiger partial charge in [-0.1, -0.05) is 17.7 Å². The van der Waals surface area contributed by atoms with Crippen molar-refractivity contribution in [2.75, 3.05) is 5.75 Å². The Morgan fingerprint density at radius 3 is 2.69 bits per heavy atom. The zero-order chi connectivity index (χ0) is 11.8. The van der Waals surface area contributed by atoms with Gasteiger partial charge in [0.2, 0.25) is 0 Å². The van der Waals surface area contributed by atoms with Crippen LogP contribution in [0.5, 0.6) is 0 Å². The molecule has 0 spiro atoms. The van der Waals surface area contributed by atoms with Gasteiger partial charge in [0.15, 0.2) is 0 Å². The number of nitrogens with one attached hydrogen (secondary N) is 1. The van der Waals surface area contributed by atoms with Gasteiger partial charge in [-0.3, -0.25) is 4.79 Å². The molecular weight excluding hydrogens is 228 g/mol. The molecule has 0 amide bonds. The molecule has 0 fully saturated rings. The second-order valence-corrected chi connectivity index (χ2v) is 4.16. The largest absolute Gasteiger partial charge is 0.392 e. The summed E-state index contributed by atoms with van der Waals surface area (Å²) in [6.45, 7) is 0.0411. The van der Waals surface area contributed by atoms with Crippen molar-refractivity contribution in [1.82, 2.24) is 5.59 Å². The molecule has 0 unspecified atom stereocenters. The fourth-order valence-corrected chi connectivity index (χ4v) is 1.89. The van der Waals surface area contributed by atoms with Crippen molar-refractivity contribution < 1.29 is 14.7 Å². The number of carbonyl (C=O) groups is 1. The molecule has 0 bridgehead atoms. The second-order valence-electron chi connectivity index (χ2n) is 2.99. The van der Waals surface area contributed by atoms with Crippen LogP contribution in [0.3, 0.4) is 0 Å². The highest BCUT2D eigenvalue weighted by molar-refractivity contribution is 7.99. The number of rotatable bonds is 6. The van der Waals surface area contributed by atoms with Gasteiger partial charge in [0.25, 0.3) is 0 Å². The van der Waals surface area contributed by atoms with E-state index in [2.05, 4.69) is 4.84 Å². The van der Waals surface area contributed by atoms with Gasteiger partial charge in [-0.25, -0.2) is 5.84 Å². The maximum atomic E-state index is 10.9. The summed E-state index contributed by atoms with van der Waals surface area (Å²) in [5.41, 5.74) is 2.72. The summed E-state index contributed by atoms with van der Waals surface area (Å²) in [6, 6.07) is 7.51. The average molecular weight is 242 g/mol. The molecule has 5 nitrogen and oxygen atoms in total. The van der Waals surface area contributed by atoms with Crippen molar-refractivity contribution in [2.24, 2.45) is 5.84 Å². The molecule has 0 aliphatic carbocycles. The van der Waals surface area contributed by atoms with Crippen molar-refractivity contribution in [2.45, 2.75) is 17.9 Å². The number of aliphatic hydroxyl groups is 1. The number of nitrogens with two attached hydrogens (primary N) is 1. The topological polar surface area (TPSA) is 84.6 Å². The van der Waals surface area contributed by atoms with Crippen LogP contribution < -0.4 is 11.4 Å². The third kappa shape index (κ3) is 4.63. The third-order valence-electron chi connectivity index (χ3n) is 1.85. The first-order valence-corrected chi connectivity index (χ1v) is 5.72. The molecular formula is C10H14N2O3S. The molecule has 0 saturated carbocycles. The Morgan fingerprint density at radius 2 is 2.12 bits per heavy atom. The van der Waals surface area contributed by atoms with Crippen LogP contribution in [0.15, 0.2) is 29.2 Å². The number of thioether (sulfide) groups is 1. The molecule has 0 aromatic heterocycles. The maximum absolute atomic E-state index is 10.9. The Balaban J connectivity index is 2.29. The van der Waals surface area contributed by atoms with Gasteiger partial charge in [0.05, 0.1) is 13.0 Å². The van der Waals surface area contributed by atoms with Gasteiger partial charge in [0.1, 0.15) is 0 Å². The van der Waals surface area contributed by atoms with E-state index >= 15 is 0 Å². The van der Waals surface area contributed by atoms with E-state index in [1.807, 2.05) is 29.9 Å². The highest BCUT2D eigenvalue weighted by Gasteiger charge is 2.02. The predicted octanol–water partition coefficient (Wildman–Crippen LogP) is 0.583. The standard InChI is InChI=1S/C10H14N2O3S/c11-12-15-10(14)5-6-16-9-3-1-8(7-13)2-4-9/h1-4,12-13H,5-7,11H2. The molecule has 88 valence electrons. The van der Waals surface area contributed by atoms with E-state index in [-0.39, 0.29) is 19.0 Å². The van der Waals surface area contributed by atoms with Crippen molar-refractivity contribution in [3.8, 4) is 0 Å². The molecule has 1 rings (SSSR count). The molecule has 4 N–H and O–H groups in total. The van der Waals surface area contributed by atoms with E-state index in [9.17, 15) is 4.79 Å². The van der Waals surface area contributed by atoms with Gasteiger partial charge < -0.3 is 9.94 Å². The summed E-state index contributed by atoms with van der Waals surface area (Å²) in [6.07, 6.45) is 0.288. The number of hydrogen-bond acceptors (Lipinski definition) is 6. The highest BCUT2D eigenvalue weighted by Crippen LogP contribution is 2.19. The zero-order valence-corrected chi connectivity index (χ0v) is 9.50. The molecule has 0 aliphatic rings. The Kier molecular flexibility index (Phi) is 5.87. The van der Waals surface area contributed by atoms with Crippen LogP contribution in [-0.2, 0) is 16.2 Å². The first kappa shape index (κ1) is 13.0. The van der Waals surface area contributed by atoms with Gasteiger partial charge in [-0.05, 0) is 17.7 Å². The Labute approximate surface area is 97.9 Å². The van der Waals surface area contributed by atoms with Gasteiger partial charge >= 0.3 is 5.97 Å². The number of carbonyl (C=O) groups excluding carboxylic acids is 1. The first-order chi connectivity index (χ1) is 7.76. The van der Waals surface area contributed by atoms with Crippen LogP contribution in [0, 0.1) is 0 Å². The molecule has 0 heterocycles. The molecule has 0 atom stereocenters. The monoisotopic (exact) mass is 242 g/mol. The number of hydrogen-bond donors (Lipinski definition) is 3. The fraction of sp³-hybridized carbons (Fsp3) is 0.300. The number of aliphatic hydroxyl groups excluding tert-OH is 1. The average Bonchev–Trinajstić information content (AvgIpc) is 2.30. The summed E-state index contributed by atoms with van der Waals surface area (Å²) in [7, 11) is 0. The fourth-order valence-electron chi connectivity index (χ4n) is 1.06. The van der Waals surface area contributed by atoms with Gasteiger partial charge in [-0.2, -0.15) is 0 Å². The number of benzene rings is 1. The molecule has 0 saturated heterocycles. The van der Waals surface area contributed by atoms with Crippen LogP contribution in [0.1, 0.15) is 12.0 Å². The highest BCUT2D eigenvalue weighted by atomic mass is 32.2. The van der Waals surface area contributed by atoms with E-state index < -0.39 is 0 Å². The van der Waals surface area contributed by atoms with E-state index in [0.29, 0.717) is 5.75 Å². The van der Waals surface area contributed by atoms with Crippen LogP contribution in [0.25, 0.3) is 0 Å². The zero-order valence-electron chi connectivity index (χ0n) is 8.68. The lowest BCUT2D eigenvalue weighted by molar-refractivity contribution is -0.150. The van der Waals surface area contributed by atoms with Gasteiger partial charge in [-0.15, -0.1) is 11.8 Å². The normalized spacial score (nSPS) is 10.1. The van der Waals surface area contributed by atoms with Crippen molar-refractivity contribution in [3.63, 3.8) is 0 Å². The maximum Gasteiger partial charge on any atom is 0.327 e. The van der Waals surface area contributed by atoms with Crippen molar-refractivity contribution in [1.29, 1.82) is 0 Å². The molecule has 1 aromatic rings. The quantitative estimate of drug-likeness (QED) is 0.384. The summed E-state index contributed by atoms with van der Waals surface area (Å²) in [4.78, 5) is 16.3. The van der Waals surface area contributed by atoms with E-state index in [1.165, 1.54) is 0 Å². The second kappa shape index (κ2) is 7.24. The van der Waals surface area contributed by atoms with Crippen molar-refractivity contribution in [3.05, 3.63) is 29.8 Å². The molecule has 0 aliphatic heterocycles. The number of hydrazine groups is 1. The van der Waals surface area contributed by atoms with E-state index in [1.54, 1.807) is 11.8 Å². The van der Waals surface area contributed by atoms with Crippen LogP contribution in [-0.4, -0.2) is 16.8 Å². The summed E-state index contributed by atoms with van der Waals surface area (Å²) in [5.74, 6) is 5.06. The third-order valence-corrected chi connectivity index (χ3v) is 2.87. The SMILES string of the molecule is NNOC(=O)CCSc1ccc(CO)cc1. The minimum absolute atomic E-state index is 0.0411. The van der Waals surface area contributed by atoms with Crippen LogP contribution in [0.4, 0.5) is 0 Å². The predicted molar refractivity (Wildman–Crippen MR) is 61.1 cm³/mol. The van der Waals surface area contributed by atoms with Crippen LogP contribution >= 0.6 is 11.8 Å². The molecule has 16 heavy (non-hydrogen) atoms. The Hall–Kier alpha value is -1.08. The van der Waals surface area contributed by atoms with Gasteiger partial charge in [0, 0.05) is 10.6 Å². The van der Waals surface area contributed by atoms with E-state index in [4.69, 9.17) is 10.9 Å². The smallest absolute Gasteiger partial charge is 0.327 e. The lowest BCUT2D eigenvalue weighted by Gasteiger charge is -2.02. The Morgan fingerprint density at radius 1 is 1.44 bits per heavy atom. The summed E-state index contributed by atoms with van der Waals surface area (Å²) >= 11 is 1.54. The van der Waals surface area contributed by atoms with Crippen molar-refractivity contribution >= 4 is 17.7 Å². The summed E-state index contributed by atoms with van der Waals surface area (Å²) in [5, 5.41) is 8.85. The first-order valence-electron chi connectivity index (χ1n) is 4.74. The lowest BCUT2D eigenvalue weighted by atomic mass is 10.2. The minimum Gasteiger partial charge on any atom is -0.392 e. The molecule has 6 heteroatoms. The molecule has 1 aromatic carbocycles. The van der Waals surface area contributed by atoms with E-state index in [0.717, 1.165) is 10.5 Å². The van der Waals surface area contributed by atoms with Crippen LogP contribution in [0.2, 0.25) is 0 Å². The lowest BCUT2D eigenvalue weighted by Crippen LogP contribution is -2.26. The molecule has 0 radical (unpaired) electrons. The Bertz CT molecular complexity index is 329. The summed E-state index contributed by atoms with van der Waals surface area (Å²) < 4.78 is 0.